The fourth-order valence-electron chi connectivity index (χ4n) is 2.02. The van der Waals surface area contributed by atoms with E-state index in [1.165, 1.54) is 0 Å². The van der Waals surface area contributed by atoms with Gasteiger partial charge in [0, 0.05) is 12.7 Å². The normalized spacial score (nSPS) is 10.7. The van der Waals surface area contributed by atoms with Gasteiger partial charge in [-0.2, -0.15) is 5.10 Å². The number of hydrogen-bond donors (Lipinski definition) is 1. The molecule has 2 heterocycles. The van der Waals surface area contributed by atoms with Gasteiger partial charge in [0.05, 0.1) is 16.9 Å². The summed E-state index contributed by atoms with van der Waals surface area (Å²) in [5.74, 6) is -0.262. The highest BCUT2D eigenvalue weighted by molar-refractivity contribution is 6.35. The van der Waals surface area contributed by atoms with Crippen molar-refractivity contribution in [2.45, 2.75) is 20.8 Å². The fraction of sp³-hybridized carbons (Fsp3) is 0.308. The second kappa shape index (κ2) is 5.42. The number of rotatable bonds is 2. The maximum atomic E-state index is 12.4. The van der Waals surface area contributed by atoms with Gasteiger partial charge in [0.1, 0.15) is 5.15 Å². The van der Waals surface area contributed by atoms with Crippen LogP contribution in [0.2, 0.25) is 10.3 Å². The molecule has 1 amide bonds. The maximum Gasteiger partial charge on any atom is 0.259 e. The van der Waals surface area contributed by atoms with E-state index in [2.05, 4.69) is 15.4 Å². The highest BCUT2D eigenvalue weighted by Gasteiger charge is 2.19. The average Bonchev–Trinajstić information content (AvgIpc) is 2.58. The topological polar surface area (TPSA) is 59.8 Å². The van der Waals surface area contributed by atoms with Gasteiger partial charge in [-0.05, 0) is 32.4 Å². The summed E-state index contributed by atoms with van der Waals surface area (Å²) in [6.07, 6.45) is 0. The number of nitrogens with one attached hydrogen (secondary N) is 1. The molecular weight excluding hydrogens is 299 g/mol. The molecule has 5 nitrogen and oxygen atoms in total. The van der Waals surface area contributed by atoms with Crippen molar-refractivity contribution in [1.82, 2.24) is 14.8 Å². The summed E-state index contributed by atoms with van der Waals surface area (Å²) in [4.78, 5) is 16.3. The average molecular weight is 313 g/mol. The highest BCUT2D eigenvalue weighted by Crippen LogP contribution is 2.27. The molecule has 0 saturated carbocycles. The van der Waals surface area contributed by atoms with E-state index >= 15 is 0 Å². The van der Waals surface area contributed by atoms with Crippen LogP contribution in [0.15, 0.2) is 6.07 Å². The number of aromatic nitrogens is 3. The van der Waals surface area contributed by atoms with Crippen molar-refractivity contribution in [3.8, 4) is 0 Å². The van der Waals surface area contributed by atoms with Gasteiger partial charge in [0.2, 0.25) is 0 Å². The minimum atomic E-state index is -0.262. The van der Waals surface area contributed by atoms with Gasteiger partial charge in [-0.25, -0.2) is 4.98 Å². The molecule has 2 aromatic rings. The predicted molar refractivity (Wildman–Crippen MR) is 79.6 cm³/mol. The Kier molecular flexibility index (Phi) is 4.01. The van der Waals surface area contributed by atoms with Crippen LogP contribution in [0.1, 0.15) is 27.3 Å². The van der Waals surface area contributed by atoms with Crippen molar-refractivity contribution in [3.63, 3.8) is 0 Å². The zero-order chi connectivity index (χ0) is 15.0. The molecule has 1 N–H and O–H groups in total. The van der Waals surface area contributed by atoms with Gasteiger partial charge < -0.3 is 5.32 Å². The first kappa shape index (κ1) is 14.8. The monoisotopic (exact) mass is 312 g/mol. The molecule has 0 unspecified atom stereocenters. The minimum Gasteiger partial charge on any atom is -0.319 e. The number of nitrogens with zero attached hydrogens (tertiary/aromatic N) is 3. The molecule has 0 fully saturated rings. The van der Waals surface area contributed by atoms with Gasteiger partial charge >= 0.3 is 0 Å². The summed E-state index contributed by atoms with van der Waals surface area (Å²) < 4.78 is 1.67. The van der Waals surface area contributed by atoms with Crippen molar-refractivity contribution in [2.24, 2.45) is 7.05 Å². The lowest BCUT2D eigenvalue weighted by atomic mass is 10.1. The van der Waals surface area contributed by atoms with E-state index < -0.39 is 0 Å². The number of anilines is 1. The number of halogens is 2. The quantitative estimate of drug-likeness (QED) is 0.865. The summed E-state index contributed by atoms with van der Waals surface area (Å²) in [7, 11) is 1.79. The molecular formula is C13H14Cl2N4O. The first-order valence-corrected chi connectivity index (χ1v) is 6.71. The van der Waals surface area contributed by atoms with Gasteiger partial charge in [0.15, 0.2) is 5.15 Å². The van der Waals surface area contributed by atoms with Crippen LogP contribution in [-0.2, 0) is 7.05 Å². The summed E-state index contributed by atoms with van der Waals surface area (Å²) >= 11 is 11.8. The molecule has 0 aromatic carbocycles. The van der Waals surface area contributed by atoms with Crippen molar-refractivity contribution in [3.05, 3.63) is 38.9 Å². The van der Waals surface area contributed by atoms with Crippen LogP contribution in [-0.4, -0.2) is 20.7 Å². The molecule has 20 heavy (non-hydrogen) atoms. The SMILES string of the molecule is Cc1cc(Cl)nc(Cl)c1NC(=O)c1c(C)nn(C)c1C. The van der Waals surface area contributed by atoms with Crippen molar-refractivity contribution < 1.29 is 4.79 Å². The van der Waals surface area contributed by atoms with Crippen molar-refractivity contribution in [2.75, 3.05) is 5.32 Å². The Labute approximate surface area is 126 Å². The van der Waals surface area contributed by atoms with Crippen molar-refractivity contribution >= 4 is 34.8 Å². The van der Waals surface area contributed by atoms with Crippen LogP contribution in [0.25, 0.3) is 0 Å². The second-order valence-corrected chi connectivity index (χ2v) is 5.30. The molecule has 0 atom stereocenters. The van der Waals surface area contributed by atoms with Gasteiger partial charge in [-0.1, -0.05) is 23.2 Å². The van der Waals surface area contributed by atoms with Crippen molar-refractivity contribution in [1.29, 1.82) is 0 Å². The molecule has 0 bridgehead atoms. The van der Waals surface area contributed by atoms with Gasteiger partial charge in [-0.15, -0.1) is 0 Å². The number of amides is 1. The Balaban J connectivity index is 2.38. The number of aryl methyl sites for hydroxylation is 3. The Hall–Kier alpha value is -1.59. The molecule has 0 radical (unpaired) electrons. The maximum absolute atomic E-state index is 12.4. The predicted octanol–water partition coefficient (Wildman–Crippen LogP) is 3.30. The van der Waals surface area contributed by atoms with Crippen LogP contribution in [0.3, 0.4) is 0 Å². The molecule has 0 saturated heterocycles. The van der Waals surface area contributed by atoms with Crippen LogP contribution < -0.4 is 5.32 Å². The molecule has 7 heteroatoms. The van der Waals surface area contributed by atoms with E-state index in [-0.39, 0.29) is 11.1 Å². The van der Waals surface area contributed by atoms with E-state index in [4.69, 9.17) is 23.2 Å². The number of carbonyl (C=O) groups excluding carboxylic acids is 1. The minimum absolute atomic E-state index is 0.169. The molecule has 0 aliphatic rings. The molecule has 106 valence electrons. The van der Waals surface area contributed by atoms with Crippen LogP contribution in [0.5, 0.6) is 0 Å². The lowest BCUT2D eigenvalue weighted by molar-refractivity contribution is 0.102. The van der Waals surface area contributed by atoms with Gasteiger partial charge in [-0.3, -0.25) is 9.48 Å². The van der Waals surface area contributed by atoms with Crippen LogP contribution in [0, 0.1) is 20.8 Å². The first-order chi connectivity index (χ1) is 9.31. The zero-order valence-corrected chi connectivity index (χ0v) is 13.1. The van der Waals surface area contributed by atoms with E-state index in [9.17, 15) is 4.79 Å². The van der Waals surface area contributed by atoms with E-state index in [1.54, 1.807) is 31.6 Å². The summed E-state index contributed by atoms with van der Waals surface area (Å²) in [5.41, 5.74) is 3.21. The smallest absolute Gasteiger partial charge is 0.259 e. The van der Waals surface area contributed by atoms with E-state index in [1.807, 2.05) is 6.92 Å². The third-order valence-corrected chi connectivity index (χ3v) is 3.58. The molecule has 2 rings (SSSR count). The molecule has 2 aromatic heterocycles. The van der Waals surface area contributed by atoms with E-state index in [0.29, 0.717) is 22.1 Å². The molecule has 0 aliphatic carbocycles. The fourth-order valence-corrected chi connectivity index (χ4v) is 2.60. The Morgan fingerprint density at radius 3 is 2.45 bits per heavy atom. The van der Waals surface area contributed by atoms with Gasteiger partial charge in [0.25, 0.3) is 5.91 Å². The zero-order valence-electron chi connectivity index (χ0n) is 11.6. The standard InChI is InChI=1S/C13H14Cl2N4O/c1-6-5-9(14)16-12(15)11(6)17-13(20)10-7(2)18-19(4)8(10)3/h5H,1-4H3,(H,17,20). The molecule has 0 spiro atoms. The van der Waals surface area contributed by atoms with E-state index in [0.717, 1.165) is 11.3 Å². The number of hydrogen-bond acceptors (Lipinski definition) is 3. The Morgan fingerprint density at radius 2 is 1.95 bits per heavy atom. The summed E-state index contributed by atoms with van der Waals surface area (Å²) in [5, 5.41) is 7.45. The Bertz CT molecular complexity index is 671. The van der Waals surface area contributed by atoms with Crippen LogP contribution in [0.4, 0.5) is 5.69 Å². The highest BCUT2D eigenvalue weighted by atomic mass is 35.5. The summed E-state index contributed by atoms with van der Waals surface area (Å²) in [6, 6.07) is 1.64. The number of carbonyl (C=O) groups is 1. The lowest BCUT2D eigenvalue weighted by Gasteiger charge is -2.10. The third-order valence-electron chi connectivity index (χ3n) is 3.12. The molecule has 0 aliphatic heterocycles. The first-order valence-electron chi connectivity index (χ1n) is 5.95. The largest absolute Gasteiger partial charge is 0.319 e. The second-order valence-electron chi connectivity index (χ2n) is 4.55. The lowest BCUT2D eigenvalue weighted by Crippen LogP contribution is -2.15. The van der Waals surface area contributed by atoms with Crippen LogP contribution >= 0.6 is 23.2 Å². The Morgan fingerprint density at radius 1 is 1.30 bits per heavy atom. The number of pyridine rings is 1. The summed E-state index contributed by atoms with van der Waals surface area (Å²) in [6.45, 7) is 5.43. The third kappa shape index (κ3) is 2.64.